The minimum atomic E-state index is -0.716. The number of nitrogens with zero attached hydrogens (tertiary/aromatic N) is 1. The van der Waals surface area contributed by atoms with Gasteiger partial charge in [-0.15, -0.1) is 0 Å². The van der Waals surface area contributed by atoms with Gasteiger partial charge in [0.25, 0.3) is 5.91 Å². The molecule has 0 aromatic heterocycles. The highest BCUT2D eigenvalue weighted by Gasteiger charge is 2.54. The van der Waals surface area contributed by atoms with Crippen LogP contribution in [0.3, 0.4) is 0 Å². The van der Waals surface area contributed by atoms with Gasteiger partial charge in [0.05, 0.1) is 6.10 Å². The van der Waals surface area contributed by atoms with Crippen molar-refractivity contribution < 1.29 is 23.9 Å². The van der Waals surface area contributed by atoms with Crippen LogP contribution in [-0.2, 0) is 19.1 Å². The fourth-order valence-electron chi connectivity index (χ4n) is 5.41. The van der Waals surface area contributed by atoms with E-state index < -0.39 is 12.1 Å². The van der Waals surface area contributed by atoms with Crippen molar-refractivity contribution >= 4 is 29.2 Å². The summed E-state index contributed by atoms with van der Waals surface area (Å²) >= 11 is 0. The van der Waals surface area contributed by atoms with Crippen LogP contribution in [0.1, 0.15) is 56.8 Å². The van der Waals surface area contributed by atoms with E-state index in [1.54, 1.807) is 29.2 Å². The number of hydrogen-bond donors (Lipinski definition) is 2. The molecule has 2 aliphatic heterocycles. The number of Topliss-reactive ketones (excluding diaryl/α,β-unsaturated/α-hetero) is 1. The standard InChI is InChI=1S/C24H31N3O5/c1-14-12-27(19-18(29)13-32-20(14)19)23(31)21(24(3)10-4-5-11-24)26-22(30)16-6-8-17(9-7-16)25-15(2)28/h6-9,14,19-21H,4-5,10-13H2,1-3H3,(H,25,28)(H,26,30)/t14-,19?,20-,21?/m0/s1. The zero-order valence-electron chi connectivity index (χ0n) is 18.8. The molecular formula is C24H31N3O5. The maximum absolute atomic E-state index is 13.8. The zero-order chi connectivity index (χ0) is 23.0. The van der Waals surface area contributed by atoms with Crippen LogP contribution in [0.5, 0.6) is 0 Å². The molecule has 4 atom stereocenters. The van der Waals surface area contributed by atoms with Crippen molar-refractivity contribution in [2.45, 2.75) is 64.6 Å². The average molecular weight is 442 g/mol. The van der Waals surface area contributed by atoms with E-state index in [2.05, 4.69) is 10.6 Å². The molecule has 2 unspecified atom stereocenters. The Labute approximate surface area is 188 Å². The fraction of sp³-hybridized carbons (Fsp3) is 0.583. The van der Waals surface area contributed by atoms with E-state index in [-0.39, 0.29) is 47.5 Å². The molecule has 8 nitrogen and oxygen atoms in total. The highest BCUT2D eigenvalue weighted by Crippen LogP contribution is 2.42. The third-order valence-corrected chi connectivity index (χ3v) is 7.16. The molecule has 2 N–H and O–H groups in total. The van der Waals surface area contributed by atoms with Crippen LogP contribution >= 0.6 is 0 Å². The number of ketones is 1. The maximum Gasteiger partial charge on any atom is 0.251 e. The molecule has 0 spiro atoms. The Bertz CT molecular complexity index is 922. The predicted molar refractivity (Wildman–Crippen MR) is 118 cm³/mol. The van der Waals surface area contributed by atoms with Crippen molar-refractivity contribution in [1.29, 1.82) is 0 Å². The highest BCUT2D eigenvalue weighted by molar-refractivity contribution is 6.00. The molecule has 8 heteroatoms. The lowest BCUT2D eigenvalue weighted by molar-refractivity contribution is -0.140. The van der Waals surface area contributed by atoms with Crippen molar-refractivity contribution in [2.24, 2.45) is 11.3 Å². The molecule has 172 valence electrons. The Kier molecular flexibility index (Phi) is 6.07. The summed E-state index contributed by atoms with van der Waals surface area (Å²) in [6.45, 7) is 5.95. The molecule has 4 rings (SSSR count). The second kappa shape index (κ2) is 8.65. The number of likely N-dealkylation sites (tertiary alicyclic amines) is 1. The number of ether oxygens (including phenoxy) is 1. The van der Waals surface area contributed by atoms with E-state index in [1.165, 1.54) is 6.92 Å². The topological polar surface area (TPSA) is 105 Å². The second-order valence-corrected chi connectivity index (χ2v) is 9.68. The van der Waals surface area contributed by atoms with Crippen molar-refractivity contribution in [1.82, 2.24) is 10.2 Å². The minimum absolute atomic E-state index is 0.0401. The van der Waals surface area contributed by atoms with Gasteiger partial charge in [-0.1, -0.05) is 26.7 Å². The number of carbonyl (C=O) groups is 4. The number of rotatable bonds is 5. The van der Waals surface area contributed by atoms with E-state index in [1.807, 2.05) is 13.8 Å². The largest absolute Gasteiger partial charge is 0.367 e. The first-order valence-electron chi connectivity index (χ1n) is 11.3. The van der Waals surface area contributed by atoms with Crippen molar-refractivity contribution in [3.8, 4) is 0 Å². The molecule has 3 aliphatic rings. The molecule has 1 saturated carbocycles. The third-order valence-electron chi connectivity index (χ3n) is 7.16. The van der Waals surface area contributed by atoms with E-state index in [0.29, 0.717) is 17.8 Å². The number of benzene rings is 1. The van der Waals surface area contributed by atoms with Crippen molar-refractivity contribution in [3.05, 3.63) is 29.8 Å². The molecule has 32 heavy (non-hydrogen) atoms. The van der Waals surface area contributed by atoms with Gasteiger partial charge < -0.3 is 20.3 Å². The van der Waals surface area contributed by atoms with Crippen molar-refractivity contribution in [3.63, 3.8) is 0 Å². The van der Waals surface area contributed by atoms with E-state index >= 15 is 0 Å². The third kappa shape index (κ3) is 4.16. The van der Waals surface area contributed by atoms with Crippen LogP contribution in [0.2, 0.25) is 0 Å². The molecule has 1 aromatic carbocycles. The van der Waals surface area contributed by atoms with Gasteiger partial charge in [-0.2, -0.15) is 0 Å². The number of hydrogen-bond acceptors (Lipinski definition) is 5. The quantitative estimate of drug-likeness (QED) is 0.728. The van der Waals surface area contributed by atoms with Crippen LogP contribution in [0.15, 0.2) is 24.3 Å². The molecule has 2 saturated heterocycles. The summed E-state index contributed by atoms with van der Waals surface area (Å²) in [4.78, 5) is 52.2. The first-order chi connectivity index (χ1) is 15.2. The predicted octanol–water partition coefficient (Wildman–Crippen LogP) is 2.14. The van der Waals surface area contributed by atoms with Crippen LogP contribution < -0.4 is 10.6 Å². The Morgan fingerprint density at radius 1 is 1.16 bits per heavy atom. The molecular weight excluding hydrogens is 410 g/mol. The first-order valence-corrected chi connectivity index (χ1v) is 11.3. The van der Waals surface area contributed by atoms with Gasteiger partial charge in [0.1, 0.15) is 18.7 Å². The van der Waals surface area contributed by atoms with E-state index in [0.717, 1.165) is 25.7 Å². The minimum Gasteiger partial charge on any atom is -0.367 e. The fourth-order valence-corrected chi connectivity index (χ4v) is 5.41. The highest BCUT2D eigenvalue weighted by atomic mass is 16.5. The van der Waals surface area contributed by atoms with Gasteiger partial charge >= 0.3 is 0 Å². The lowest BCUT2D eigenvalue weighted by atomic mass is 9.79. The lowest BCUT2D eigenvalue weighted by Gasteiger charge is -2.37. The summed E-state index contributed by atoms with van der Waals surface area (Å²) in [5.74, 6) is -0.725. The summed E-state index contributed by atoms with van der Waals surface area (Å²) in [6.07, 6.45) is 3.43. The number of nitrogens with one attached hydrogen (secondary N) is 2. The summed E-state index contributed by atoms with van der Waals surface area (Å²) < 4.78 is 5.64. The van der Waals surface area contributed by atoms with Crippen LogP contribution in [0.4, 0.5) is 5.69 Å². The Balaban J connectivity index is 1.56. The number of amides is 3. The molecule has 2 heterocycles. The molecule has 1 aromatic rings. The van der Waals surface area contributed by atoms with Gasteiger partial charge in [-0.25, -0.2) is 0 Å². The average Bonchev–Trinajstić information content (AvgIpc) is 3.44. The SMILES string of the molecule is CC(=O)Nc1ccc(C(=O)NC(C(=O)N2C[C@H](C)[C@@H]3OCC(=O)C32)C2(C)CCCC2)cc1. The van der Waals surface area contributed by atoms with E-state index in [9.17, 15) is 19.2 Å². The Morgan fingerprint density at radius 3 is 2.44 bits per heavy atom. The number of fused-ring (bicyclic) bond motifs is 1. The van der Waals surface area contributed by atoms with Crippen LogP contribution in [0.25, 0.3) is 0 Å². The van der Waals surface area contributed by atoms with Crippen molar-refractivity contribution in [2.75, 3.05) is 18.5 Å². The number of carbonyl (C=O) groups excluding carboxylic acids is 4. The van der Waals surface area contributed by atoms with Gasteiger partial charge in [-0.05, 0) is 42.5 Å². The molecule has 1 aliphatic carbocycles. The first kappa shape index (κ1) is 22.5. The van der Waals surface area contributed by atoms with Gasteiger partial charge in [0, 0.05) is 30.6 Å². The van der Waals surface area contributed by atoms with Gasteiger partial charge in [-0.3, -0.25) is 19.2 Å². The normalized spacial score (nSPS) is 27.2. The second-order valence-electron chi connectivity index (χ2n) is 9.68. The summed E-state index contributed by atoms with van der Waals surface area (Å²) in [5.41, 5.74) is 0.639. The smallest absolute Gasteiger partial charge is 0.251 e. The van der Waals surface area contributed by atoms with Gasteiger partial charge in [0.2, 0.25) is 11.8 Å². The summed E-state index contributed by atoms with van der Waals surface area (Å²) in [7, 11) is 0. The zero-order valence-corrected chi connectivity index (χ0v) is 18.8. The van der Waals surface area contributed by atoms with Gasteiger partial charge in [0.15, 0.2) is 5.78 Å². The maximum atomic E-state index is 13.8. The monoisotopic (exact) mass is 441 g/mol. The summed E-state index contributed by atoms with van der Waals surface area (Å²) in [6, 6.07) is 5.30. The Hall–Kier alpha value is -2.74. The number of anilines is 1. The lowest BCUT2D eigenvalue weighted by Crippen LogP contribution is -2.57. The Morgan fingerprint density at radius 2 is 1.81 bits per heavy atom. The van der Waals surface area contributed by atoms with E-state index in [4.69, 9.17) is 4.74 Å². The van der Waals surface area contributed by atoms with Crippen LogP contribution in [0, 0.1) is 11.3 Å². The summed E-state index contributed by atoms with van der Waals surface area (Å²) in [5, 5.41) is 5.66. The molecule has 3 amide bonds. The molecule has 0 radical (unpaired) electrons. The molecule has 3 fully saturated rings. The van der Waals surface area contributed by atoms with Crippen LogP contribution in [-0.4, -0.2) is 59.7 Å². The molecule has 0 bridgehead atoms.